The number of carbonyl (C=O) groups is 1. The molecule has 2 aromatic rings. The van der Waals surface area contributed by atoms with Crippen LogP contribution in [-0.2, 0) is 16.9 Å². The Labute approximate surface area is 135 Å². The smallest absolute Gasteiger partial charge is 0.194 e. The van der Waals surface area contributed by atoms with Gasteiger partial charge in [-0.25, -0.2) is 0 Å². The lowest BCUT2D eigenvalue weighted by Crippen LogP contribution is -2.04. The maximum absolute atomic E-state index is 12.7. The lowest BCUT2D eigenvalue weighted by Gasteiger charge is -2.08. The monoisotopic (exact) mass is 312 g/mol. The first kappa shape index (κ1) is 15.3. The van der Waals surface area contributed by atoms with Gasteiger partial charge in [-0.15, -0.1) is 11.8 Å². The summed E-state index contributed by atoms with van der Waals surface area (Å²) in [4.78, 5) is 13.8. The van der Waals surface area contributed by atoms with Crippen LogP contribution in [0.5, 0.6) is 0 Å². The van der Waals surface area contributed by atoms with E-state index in [2.05, 4.69) is 19.1 Å². The van der Waals surface area contributed by atoms with Gasteiger partial charge in [-0.3, -0.25) is 4.79 Å². The molecule has 2 nitrogen and oxygen atoms in total. The summed E-state index contributed by atoms with van der Waals surface area (Å²) in [6.45, 7) is 3.67. The molecule has 0 N–H and O–H groups in total. The van der Waals surface area contributed by atoms with Crippen molar-refractivity contribution in [3.05, 3.63) is 64.7 Å². The lowest BCUT2D eigenvalue weighted by molar-refractivity contribution is 0.103. The largest absolute Gasteiger partial charge is 0.381 e. The average molecular weight is 312 g/mol. The van der Waals surface area contributed by atoms with E-state index in [1.165, 1.54) is 5.56 Å². The van der Waals surface area contributed by atoms with E-state index in [0.717, 1.165) is 53.4 Å². The zero-order chi connectivity index (χ0) is 15.4. The van der Waals surface area contributed by atoms with Crippen molar-refractivity contribution in [1.82, 2.24) is 0 Å². The molecule has 3 heteroatoms. The highest BCUT2D eigenvalue weighted by atomic mass is 32.2. The fourth-order valence-corrected chi connectivity index (χ4v) is 3.75. The number of hydrogen-bond acceptors (Lipinski definition) is 3. The van der Waals surface area contributed by atoms with Crippen molar-refractivity contribution in [2.75, 3.05) is 13.2 Å². The van der Waals surface area contributed by atoms with Crippen LogP contribution >= 0.6 is 11.8 Å². The van der Waals surface area contributed by atoms with Crippen LogP contribution in [0.15, 0.2) is 47.4 Å². The Morgan fingerprint density at radius 3 is 2.82 bits per heavy atom. The summed E-state index contributed by atoms with van der Waals surface area (Å²) in [5, 5.41) is 0. The van der Waals surface area contributed by atoms with E-state index in [1.807, 2.05) is 30.3 Å². The molecule has 0 aromatic heterocycles. The van der Waals surface area contributed by atoms with Crippen LogP contribution in [0.25, 0.3) is 0 Å². The van der Waals surface area contributed by atoms with Gasteiger partial charge in [0.05, 0.1) is 6.61 Å². The van der Waals surface area contributed by atoms with E-state index in [1.54, 1.807) is 11.8 Å². The third kappa shape index (κ3) is 3.26. The topological polar surface area (TPSA) is 26.3 Å². The zero-order valence-electron chi connectivity index (χ0n) is 12.8. The van der Waals surface area contributed by atoms with Crippen molar-refractivity contribution in [3.63, 3.8) is 0 Å². The predicted octanol–water partition coefficient (Wildman–Crippen LogP) is 4.49. The molecule has 0 amide bonds. The number of benzene rings is 2. The number of hydrogen-bond donors (Lipinski definition) is 0. The van der Waals surface area contributed by atoms with E-state index in [9.17, 15) is 4.79 Å². The van der Waals surface area contributed by atoms with Gasteiger partial charge in [0.1, 0.15) is 0 Å². The van der Waals surface area contributed by atoms with Crippen molar-refractivity contribution in [1.29, 1.82) is 0 Å². The summed E-state index contributed by atoms with van der Waals surface area (Å²) in [5.41, 5.74) is 4.03. The second-order valence-electron chi connectivity index (χ2n) is 5.47. The molecule has 0 fully saturated rings. The second kappa shape index (κ2) is 7.12. The Morgan fingerprint density at radius 1 is 1.09 bits per heavy atom. The van der Waals surface area contributed by atoms with Gasteiger partial charge in [0.15, 0.2) is 5.78 Å². The van der Waals surface area contributed by atoms with Gasteiger partial charge in [-0.05, 0) is 36.1 Å². The number of rotatable bonds is 5. The molecular weight excluding hydrogens is 292 g/mol. The fraction of sp³-hybridized carbons (Fsp3) is 0.316. The Kier molecular flexibility index (Phi) is 4.96. The predicted molar refractivity (Wildman–Crippen MR) is 90.7 cm³/mol. The highest BCUT2D eigenvalue weighted by molar-refractivity contribution is 7.98. The highest BCUT2D eigenvalue weighted by Crippen LogP contribution is 2.34. The first-order chi connectivity index (χ1) is 10.8. The van der Waals surface area contributed by atoms with Gasteiger partial charge in [0.2, 0.25) is 0 Å². The van der Waals surface area contributed by atoms with Crippen molar-refractivity contribution in [3.8, 4) is 0 Å². The zero-order valence-corrected chi connectivity index (χ0v) is 13.6. The van der Waals surface area contributed by atoms with Crippen LogP contribution in [0.1, 0.15) is 40.4 Å². The van der Waals surface area contributed by atoms with Gasteiger partial charge in [-0.1, -0.05) is 37.3 Å². The van der Waals surface area contributed by atoms with Crippen LogP contribution in [0.4, 0.5) is 0 Å². The van der Waals surface area contributed by atoms with Crippen molar-refractivity contribution >= 4 is 17.5 Å². The van der Waals surface area contributed by atoms with Crippen molar-refractivity contribution in [2.24, 2.45) is 0 Å². The molecule has 2 aromatic carbocycles. The second-order valence-corrected chi connectivity index (χ2v) is 6.49. The van der Waals surface area contributed by atoms with Gasteiger partial charge in [0.25, 0.3) is 0 Å². The van der Waals surface area contributed by atoms with Crippen LogP contribution in [-0.4, -0.2) is 19.0 Å². The molecule has 0 saturated heterocycles. The summed E-state index contributed by atoms with van der Waals surface area (Å²) in [7, 11) is 0. The van der Waals surface area contributed by atoms with Crippen LogP contribution in [0, 0.1) is 0 Å². The maximum atomic E-state index is 12.7. The Bertz CT molecular complexity index is 679. The molecule has 0 saturated carbocycles. The number of ether oxygens (including phenoxy) is 1. The molecule has 1 aliphatic heterocycles. The summed E-state index contributed by atoms with van der Waals surface area (Å²) in [6, 6.07) is 14.1. The summed E-state index contributed by atoms with van der Waals surface area (Å²) < 4.78 is 5.55. The van der Waals surface area contributed by atoms with Gasteiger partial charge < -0.3 is 4.74 Å². The summed E-state index contributed by atoms with van der Waals surface area (Å²) in [5.74, 6) is 0.995. The van der Waals surface area contributed by atoms with Gasteiger partial charge in [0, 0.05) is 28.4 Å². The van der Waals surface area contributed by atoms with Gasteiger partial charge in [-0.2, -0.15) is 0 Å². The molecule has 0 spiro atoms. The van der Waals surface area contributed by atoms with E-state index in [0.29, 0.717) is 0 Å². The van der Waals surface area contributed by atoms with Crippen molar-refractivity contribution in [2.45, 2.75) is 30.4 Å². The molecule has 0 atom stereocenters. The van der Waals surface area contributed by atoms with Crippen LogP contribution in [0.2, 0.25) is 0 Å². The Morgan fingerprint density at radius 2 is 1.95 bits per heavy atom. The van der Waals surface area contributed by atoms with Crippen LogP contribution < -0.4 is 0 Å². The number of carbonyl (C=O) groups excluding carboxylic acids is 1. The Hall–Kier alpha value is -1.58. The third-order valence-corrected chi connectivity index (χ3v) is 4.92. The summed E-state index contributed by atoms with van der Waals surface area (Å²) in [6.07, 6.45) is 1.95. The first-order valence-corrected chi connectivity index (χ1v) is 8.74. The summed E-state index contributed by atoms with van der Waals surface area (Å²) >= 11 is 1.75. The molecule has 1 heterocycles. The number of thioether (sulfide) groups is 1. The maximum Gasteiger partial charge on any atom is 0.194 e. The molecular formula is C19H20O2S. The van der Waals surface area contributed by atoms with E-state index < -0.39 is 0 Å². The molecule has 0 aliphatic carbocycles. The highest BCUT2D eigenvalue weighted by Gasteiger charge is 2.21. The van der Waals surface area contributed by atoms with E-state index >= 15 is 0 Å². The molecule has 0 unspecified atom stereocenters. The SMILES string of the molecule is CCCOCCc1ccc2c(c1)SCc1ccccc1C2=O. The Balaban J connectivity index is 1.81. The average Bonchev–Trinajstić information content (AvgIpc) is 2.69. The van der Waals surface area contributed by atoms with E-state index in [4.69, 9.17) is 4.74 Å². The molecule has 22 heavy (non-hydrogen) atoms. The van der Waals surface area contributed by atoms with E-state index in [-0.39, 0.29) is 5.78 Å². The quantitative estimate of drug-likeness (QED) is 0.761. The molecule has 0 radical (unpaired) electrons. The van der Waals surface area contributed by atoms with Crippen LogP contribution in [0.3, 0.4) is 0 Å². The lowest BCUT2D eigenvalue weighted by atomic mass is 9.98. The minimum absolute atomic E-state index is 0.143. The number of fused-ring (bicyclic) bond motifs is 2. The minimum Gasteiger partial charge on any atom is -0.381 e. The minimum atomic E-state index is 0.143. The van der Waals surface area contributed by atoms with Crippen molar-refractivity contribution < 1.29 is 9.53 Å². The molecule has 3 rings (SSSR count). The normalized spacial score (nSPS) is 13.4. The third-order valence-electron chi connectivity index (χ3n) is 3.82. The molecule has 114 valence electrons. The first-order valence-electron chi connectivity index (χ1n) is 7.75. The fourth-order valence-electron chi connectivity index (χ4n) is 2.63. The molecule has 1 aliphatic rings. The molecule has 0 bridgehead atoms. The standard InChI is InChI=1S/C19H20O2S/c1-2-10-21-11-9-14-7-8-17-18(12-14)22-13-15-5-3-4-6-16(15)19(17)20/h3-8,12H,2,9-11,13H2,1H3. The van der Waals surface area contributed by atoms with Gasteiger partial charge >= 0.3 is 0 Å². The number of ketones is 1.